The fourth-order valence-electron chi connectivity index (χ4n) is 4.47. The van der Waals surface area contributed by atoms with Gasteiger partial charge in [-0.3, -0.25) is 4.79 Å². The average molecular weight is 483 g/mol. The molecule has 8 nitrogen and oxygen atoms in total. The Bertz CT molecular complexity index is 1040. The molecule has 0 fully saturated rings. The smallest absolute Gasteiger partial charge is 0.407 e. The van der Waals surface area contributed by atoms with Crippen LogP contribution >= 0.6 is 0 Å². The van der Waals surface area contributed by atoms with E-state index in [2.05, 4.69) is 34.9 Å². The molecule has 8 heteroatoms. The SMILES string of the molecule is CCC(COC)(NC(=O)CCC(C)(C)NC(=O)OCC1c2ccccc2-c2ccccc21)C(=O)O. The number of rotatable bonds is 11. The number of hydrogen-bond acceptors (Lipinski definition) is 5. The van der Waals surface area contributed by atoms with Crippen LogP contribution in [-0.4, -0.2) is 54.5 Å². The first-order valence-corrected chi connectivity index (χ1v) is 11.8. The highest BCUT2D eigenvalue weighted by Gasteiger charge is 2.39. The third kappa shape index (κ3) is 6.00. The van der Waals surface area contributed by atoms with Crippen molar-refractivity contribution >= 4 is 18.0 Å². The molecule has 35 heavy (non-hydrogen) atoms. The number of fused-ring (bicyclic) bond motifs is 3. The van der Waals surface area contributed by atoms with E-state index in [1.54, 1.807) is 20.8 Å². The second-order valence-electron chi connectivity index (χ2n) is 9.56. The number of aliphatic carboxylic acids is 1. The summed E-state index contributed by atoms with van der Waals surface area (Å²) in [6.07, 6.45) is -0.0428. The van der Waals surface area contributed by atoms with E-state index in [0.29, 0.717) is 6.42 Å². The number of benzene rings is 2. The number of carbonyl (C=O) groups is 3. The number of nitrogens with one attached hydrogen (secondary N) is 2. The molecule has 2 aromatic rings. The Labute approximate surface area is 206 Å². The topological polar surface area (TPSA) is 114 Å². The van der Waals surface area contributed by atoms with Gasteiger partial charge in [0.05, 0.1) is 6.61 Å². The van der Waals surface area contributed by atoms with Crippen LogP contribution in [0.2, 0.25) is 0 Å². The van der Waals surface area contributed by atoms with Crippen LogP contribution in [0, 0.1) is 0 Å². The number of amides is 2. The van der Waals surface area contributed by atoms with Gasteiger partial charge in [0.15, 0.2) is 5.54 Å². The van der Waals surface area contributed by atoms with E-state index < -0.39 is 29.0 Å². The molecule has 3 N–H and O–H groups in total. The van der Waals surface area contributed by atoms with Crippen molar-refractivity contribution in [2.75, 3.05) is 20.3 Å². The van der Waals surface area contributed by atoms with E-state index in [9.17, 15) is 19.5 Å². The normalized spacial score (nSPS) is 14.4. The molecule has 0 spiro atoms. The molecule has 0 aliphatic heterocycles. The fourth-order valence-corrected chi connectivity index (χ4v) is 4.47. The molecular weight excluding hydrogens is 448 g/mol. The molecule has 0 bridgehead atoms. The third-order valence-electron chi connectivity index (χ3n) is 6.54. The van der Waals surface area contributed by atoms with Crippen LogP contribution < -0.4 is 10.6 Å². The molecule has 0 aromatic heterocycles. The molecule has 1 aliphatic carbocycles. The molecule has 2 aromatic carbocycles. The van der Waals surface area contributed by atoms with Crippen molar-refractivity contribution in [2.45, 2.75) is 57.0 Å². The van der Waals surface area contributed by atoms with Crippen molar-refractivity contribution in [3.63, 3.8) is 0 Å². The predicted octanol–water partition coefficient (Wildman–Crippen LogP) is 4.08. The summed E-state index contributed by atoms with van der Waals surface area (Å²) in [5.41, 5.74) is 2.36. The minimum atomic E-state index is -1.48. The molecule has 1 unspecified atom stereocenters. The summed E-state index contributed by atoms with van der Waals surface area (Å²) in [5.74, 6) is -1.61. The van der Waals surface area contributed by atoms with E-state index in [1.165, 1.54) is 7.11 Å². The van der Waals surface area contributed by atoms with E-state index in [4.69, 9.17) is 9.47 Å². The summed E-state index contributed by atoms with van der Waals surface area (Å²) < 4.78 is 10.6. The number of carboxylic acid groups (broad SMARTS) is 1. The Morgan fingerprint density at radius 2 is 1.54 bits per heavy atom. The van der Waals surface area contributed by atoms with Gasteiger partial charge >= 0.3 is 12.1 Å². The fraction of sp³-hybridized carbons (Fsp3) is 0.444. The molecule has 0 saturated carbocycles. The average Bonchev–Trinajstić information content (AvgIpc) is 3.14. The predicted molar refractivity (Wildman–Crippen MR) is 132 cm³/mol. The molecule has 1 atom stereocenters. The quantitative estimate of drug-likeness (QED) is 0.445. The second kappa shape index (κ2) is 10.9. The van der Waals surface area contributed by atoms with Gasteiger partial charge in [0.25, 0.3) is 0 Å². The second-order valence-corrected chi connectivity index (χ2v) is 9.56. The molecule has 3 rings (SSSR count). The van der Waals surface area contributed by atoms with Gasteiger partial charge in [-0.05, 0) is 48.9 Å². The number of carboxylic acids is 1. The molecule has 0 saturated heterocycles. The lowest BCUT2D eigenvalue weighted by Crippen LogP contribution is -2.57. The van der Waals surface area contributed by atoms with Gasteiger partial charge in [0.1, 0.15) is 6.61 Å². The summed E-state index contributed by atoms with van der Waals surface area (Å²) in [5, 5.41) is 15.0. The van der Waals surface area contributed by atoms with Crippen LogP contribution in [0.15, 0.2) is 48.5 Å². The third-order valence-corrected chi connectivity index (χ3v) is 6.54. The zero-order valence-corrected chi connectivity index (χ0v) is 20.7. The zero-order chi connectivity index (χ0) is 25.6. The molecule has 0 heterocycles. The van der Waals surface area contributed by atoms with Crippen LogP contribution in [0.4, 0.5) is 4.79 Å². The number of alkyl carbamates (subject to hydrolysis) is 1. The standard InChI is InChI=1S/C27H34N2O6/c1-5-27(17-34-4,24(31)32)28-23(30)14-15-26(2,3)29-25(33)35-16-22-20-12-8-6-10-18(20)19-11-7-9-13-21(19)22/h6-13,22H,5,14-17H2,1-4H3,(H,28,30)(H,29,33)(H,31,32). The zero-order valence-electron chi connectivity index (χ0n) is 20.7. The van der Waals surface area contributed by atoms with Gasteiger partial charge in [-0.1, -0.05) is 55.5 Å². The molecule has 0 radical (unpaired) electrons. The Kier molecular flexibility index (Phi) is 8.17. The molecule has 1 aliphatic rings. The van der Waals surface area contributed by atoms with Crippen LogP contribution in [0.1, 0.15) is 57.1 Å². The van der Waals surface area contributed by atoms with Crippen molar-refractivity contribution in [2.24, 2.45) is 0 Å². The minimum Gasteiger partial charge on any atom is -0.479 e. The summed E-state index contributed by atoms with van der Waals surface area (Å²) in [6.45, 7) is 5.33. The minimum absolute atomic E-state index is 0.0371. The van der Waals surface area contributed by atoms with E-state index in [-0.39, 0.29) is 32.0 Å². The summed E-state index contributed by atoms with van der Waals surface area (Å²) in [7, 11) is 1.39. The van der Waals surface area contributed by atoms with Gasteiger partial charge in [0.2, 0.25) is 5.91 Å². The van der Waals surface area contributed by atoms with Gasteiger partial charge in [-0.25, -0.2) is 9.59 Å². The van der Waals surface area contributed by atoms with E-state index >= 15 is 0 Å². The first-order valence-electron chi connectivity index (χ1n) is 11.8. The van der Waals surface area contributed by atoms with E-state index in [0.717, 1.165) is 22.3 Å². The van der Waals surface area contributed by atoms with Crippen LogP contribution in [-0.2, 0) is 19.1 Å². The Hall–Kier alpha value is -3.39. The maximum atomic E-state index is 12.6. The Balaban J connectivity index is 1.55. The largest absolute Gasteiger partial charge is 0.479 e. The Morgan fingerprint density at radius 3 is 2.06 bits per heavy atom. The summed E-state index contributed by atoms with van der Waals surface area (Å²) in [4.78, 5) is 36.8. The summed E-state index contributed by atoms with van der Waals surface area (Å²) in [6, 6.07) is 16.2. The van der Waals surface area contributed by atoms with Crippen molar-refractivity contribution in [1.29, 1.82) is 0 Å². The number of methoxy groups -OCH3 is 1. The van der Waals surface area contributed by atoms with Crippen molar-refractivity contribution in [3.05, 3.63) is 59.7 Å². The molecular formula is C27H34N2O6. The highest BCUT2D eigenvalue weighted by atomic mass is 16.5. The lowest BCUT2D eigenvalue weighted by Gasteiger charge is -2.30. The van der Waals surface area contributed by atoms with Crippen LogP contribution in [0.5, 0.6) is 0 Å². The first kappa shape index (κ1) is 26.2. The Morgan fingerprint density at radius 1 is 0.971 bits per heavy atom. The number of carbonyl (C=O) groups excluding carboxylic acids is 2. The lowest BCUT2D eigenvalue weighted by molar-refractivity contribution is -0.150. The maximum Gasteiger partial charge on any atom is 0.407 e. The highest BCUT2D eigenvalue weighted by Crippen LogP contribution is 2.44. The van der Waals surface area contributed by atoms with Gasteiger partial charge in [0, 0.05) is 25.0 Å². The molecule has 2 amide bonds. The maximum absolute atomic E-state index is 12.6. The van der Waals surface area contributed by atoms with Crippen LogP contribution in [0.25, 0.3) is 11.1 Å². The number of ether oxygens (including phenoxy) is 2. The van der Waals surface area contributed by atoms with Crippen molar-refractivity contribution in [1.82, 2.24) is 10.6 Å². The van der Waals surface area contributed by atoms with Gasteiger partial charge in [-0.15, -0.1) is 0 Å². The summed E-state index contributed by atoms with van der Waals surface area (Å²) >= 11 is 0. The van der Waals surface area contributed by atoms with Gasteiger partial charge in [-0.2, -0.15) is 0 Å². The van der Waals surface area contributed by atoms with Crippen LogP contribution in [0.3, 0.4) is 0 Å². The highest BCUT2D eigenvalue weighted by molar-refractivity contribution is 5.87. The number of hydrogen-bond donors (Lipinski definition) is 3. The van der Waals surface area contributed by atoms with E-state index in [1.807, 2.05) is 24.3 Å². The first-order chi connectivity index (χ1) is 16.6. The van der Waals surface area contributed by atoms with Crippen molar-refractivity contribution in [3.8, 4) is 11.1 Å². The monoisotopic (exact) mass is 482 g/mol. The van der Waals surface area contributed by atoms with Crippen molar-refractivity contribution < 1.29 is 29.0 Å². The molecule has 188 valence electrons. The lowest BCUT2D eigenvalue weighted by atomic mass is 9.95. The van der Waals surface area contributed by atoms with Gasteiger partial charge < -0.3 is 25.2 Å².